The number of aromatic nitrogens is 2. The topological polar surface area (TPSA) is 213 Å². The number of nitrogens with two attached hydrogens (primary N) is 2. The van der Waals surface area contributed by atoms with E-state index in [9.17, 15) is 4.79 Å². The molecule has 0 spiro atoms. The molecule has 0 fully saturated rings. The number of hydrogen-bond acceptors (Lipinski definition) is 11. The van der Waals surface area contributed by atoms with E-state index in [1.165, 1.54) is 34.9 Å². The quantitative estimate of drug-likeness (QED) is 0.0141. The van der Waals surface area contributed by atoms with E-state index in [4.69, 9.17) is 36.0 Å². The molecule has 1 aromatic heterocycles. The third-order valence-electron chi connectivity index (χ3n) is 8.68. The van der Waals surface area contributed by atoms with Crippen molar-refractivity contribution in [3.63, 3.8) is 0 Å². The molecular formula is C52H79LiN6O6. The Hall–Kier alpha value is -4.92. The molecule has 0 atom stereocenters. The molecule has 0 aliphatic heterocycles. The van der Waals surface area contributed by atoms with Crippen molar-refractivity contribution in [2.24, 2.45) is 16.8 Å². The van der Waals surface area contributed by atoms with Crippen molar-refractivity contribution in [3.05, 3.63) is 155 Å². The third kappa shape index (κ3) is 33.3. The fourth-order valence-electron chi connectivity index (χ4n) is 4.67. The molecule has 5 rings (SSSR count). The largest absolute Gasteiger partial charge is 1.00 e. The van der Waals surface area contributed by atoms with Crippen molar-refractivity contribution >= 4 is 12.5 Å². The van der Waals surface area contributed by atoms with Crippen LogP contribution in [0.3, 0.4) is 0 Å². The summed E-state index contributed by atoms with van der Waals surface area (Å²) in [6.45, 7) is 25.3. The van der Waals surface area contributed by atoms with Crippen LogP contribution in [0.4, 0.5) is 0 Å². The summed E-state index contributed by atoms with van der Waals surface area (Å²) in [7, 11) is 3.11. The number of nitrogens with zero attached hydrogens (tertiary/aromatic N) is 3. The molecule has 65 heavy (non-hydrogen) atoms. The van der Waals surface area contributed by atoms with Crippen molar-refractivity contribution in [1.82, 2.24) is 9.97 Å². The van der Waals surface area contributed by atoms with Gasteiger partial charge in [-0.2, -0.15) is 11.7 Å². The van der Waals surface area contributed by atoms with Gasteiger partial charge in [-0.3, -0.25) is 4.79 Å². The summed E-state index contributed by atoms with van der Waals surface area (Å²) in [6, 6.07) is 34.0. The standard InChI is InChI=1S/C12H14N2.C10H13NO.C10H11N.C10H12O.C4H11NO2.C4H9.C2H6O.Li.H3NO/c1-9(2)10-3-5-11(6-4-10)12-13-7-8-14-12;1-8(2)10-5-3-9(4-6-10)7-11-12;2*1-8(2)10-5-3-9(7-11)4-6-10;1-6-4(3-5)7-2;1-3-4-2;1-2-3;;1-2/h3-9H,1-2H3,(H,13,14);3-8,12H,1-2H3;3-6,8H,1-2H3;3-8H,1-2H3;4H,3,5H2,1-2H3;1,3-4H2,2H3;3H,2H2,1H3;;2H,1H2/q;;;;;-1;;+1;/b;11-7+;;;;;;;. The second kappa shape index (κ2) is 44.3. The van der Waals surface area contributed by atoms with Gasteiger partial charge in [0.15, 0.2) is 6.29 Å². The minimum atomic E-state index is -0.236. The Labute approximate surface area is 403 Å². The number of nitrogens with one attached hydrogen (secondary N) is 1. The molecule has 0 aliphatic carbocycles. The van der Waals surface area contributed by atoms with E-state index in [1.807, 2.05) is 79.0 Å². The first-order valence-electron chi connectivity index (χ1n) is 21.5. The Morgan fingerprint density at radius 1 is 0.738 bits per heavy atom. The Balaban J connectivity index is -0.000000344. The van der Waals surface area contributed by atoms with Gasteiger partial charge in [0, 0.05) is 50.9 Å². The minimum absolute atomic E-state index is 0. The molecule has 4 aromatic carbocycles. The maximum Gasteiger partial charge on any atom is 1.00 e. The molecule has 0 unspecified atom stereocenters. The first-order chi connectivity index (χ1) is 30.7. The predicted octanol–water partition coefficient (Wildman–Crippen LogP) is 8.64. The van der Waals surface area contributed by atoms with Gasteiger partial charge in [0.05, 0.1) is 17.8 Å². The van der Waals surface area contributed by atoms with Crippen LogP contribution in [0.5, 0.6) is 0 Å². The number of nitriles is 1. The van der Waals surface area contributed by atoms with Crippen molar-refractivity contribution in [2.45, 2.75) is 112 Å². The number of benzene rings is 4. The van der Waals surface area contributed by atoms with Crippen molar-refractivity contribution < 1.29 is 48.6 Å². The average Bonchev–Trinajstić information content (AvgIpc) is 3.87. The summed E-state index contributed by atoms with van der Waals surface area (Å²) < 4.78 is 9.40. The van der Waals surface area contributed by atoms with Crippen LogP contribution in [-0.4, -0.2) is 71.7 Å². The second-order valence-corrected chi connectivity index (χ2v) is 14.9. The molecule has 0 saturated heterocycles. The van der Waals surface area contributed by atoms with E-state index in [2.05, 4.69) is 121 Å². The van der Waals surface area contributed by atoms with Crippen LogP contribution in [0.25, 0.3) is 11.4 Å². The van der Waals surface area contributed by atoms with Gasteiger partial charge in [0.1, 0.15) is 12.1 Å². The zero-order chi connectivity index (χ0) is 49.3. The van der Waals surface area contributed by atoms with E-state index in [1.54, 1.807) is 27.3 Å². The van der Waals surface area contributed by atoms with Gasteiger partial charge in [-0.05, 0) is 70.5 Å². The number of carbonyl (C=O) groups is 1. The van der Waals surface area contributed by atoms with Crippen molar-refractivity contribution in [2.75, 3.05) is 27.4 Å². The van der Waals surface area contributed by atoms with Gasteiger partial charge < -0.3 is 42.6 Å². The summed E-state index contributed by atoms with van der Waals surface area (Å²) >= 11 is 0. The Bertz CT molecular complexity index is 1830. The maximum atomic E-state index is 10.3. The van der Waals surface area contributed by atoms with Gasteiger partial charge in [-0.1, -0.05) is 159 Å². The number of unbranched alkanes of at least 4 members (excludes halogenated alkanes) is 1. The molecule has 13 heteroatoms. The third-order valence-corrected chi connectivity index (χ3v) is 8.68. The molecule has 0 aliphatic rings. The zero-order valence-electron chi connectivity index (χ0n) is 41.5. The zero-order valence-corrected chi connectivity index (χ0v) is 41.5. The molecule has 0 radical (unpaired) electrons. The molecule has 0 saturated carbocycles. The van der Waals surface area contributed by atoms with Crippen LogP contribution in [0.2, 0.25) is 0 Å². The van der Waals surface area contributed by atoms with Crippen LogP contribution in [0, 0.1) is 18.3 Å². The Morgan fingerprint density at radius 3 is 1.34 bits per heavy atom. The summed E-state index contributed by atoms with van der Waals surface area (Å²) in [4.78, 5) is 17.6. The minimum Gasteiger partial charge on any atom is -0.411 e. The van der Waals surface area contributed by atoms with Crippen LogP contribution in [0.15, 0.2) is 115 Å². The maximum absolute atomic E-state index is 10.3. The number of aldehydes is 1. The molecule has 354 valence electrons. The van der Waals surface area contributed by atoms with E-state index < -0.39 is 0 Å². The number of aromatic amines is 1. The number of H-pyrrole nitrogens is 1. The number of ether oxygens (including phenoxy) is 2. The number of aliphatic hydroxyl groups excluding tert-OH is 1. The molecule has 12 nitrogen and oxygen atoms in total. The molecule has 0 bridgehead atoms. The number of carbonyl (C=O) groups excluding carboxylic acids is 1. The van der Waals surface area contributed by atoms with Gasteiger partial charge in [-0.25, -0.2) is 10.9 Å². The summed E-state index contributed by atoms with van der Waals surface area (Å²) in [6.07, 6.45) is 7.94. The monoisotopic (exact) mass is 891 g/mol. The predicted molar refractivity (Wildman–Crippen MR) is 265 cm³/mol. The number of oxime groups is 1. The van der Waals surface area contributed by atoms with E-state index in [0.717, 1.165) is 40.8 Å². The van der Waals surface area contributed by atoms with Gasteiger partial charge in [-0.15, -0.1) is 0 Å². The van der Waals surface area contributed by atoms with Gasteiger partial charge >= 0.3 is 18.9 Å². The number of aliphatic hydroxyl groups is 1. The first kappa shape index (κ1) is 66.7. The Kier molecular flexibility index (Phi) is 45.4. The molecule has 0 amide bonds. The van der Waals surface area contributed by atoms with Crippen molar-refractivity contribution in [1.29, 1.82) is 5.26 Å². The van der Waals surface area contributed by atoms with Gasteiger partial charge in [0.2, 0.25) is 0 Å². The first-order valence-corrected chi connectivity index (χ1v) is 21.5. The summed E-state index contributed by atoms with van der Waals surface area (Å²) in [5.74, 6) is 6.64. The number of hydrogen-bond donors (Lipinski definition) is 6. The number of methoxy groups -OCH3 is 2. The average molecular weight is 891 g/mol. The fraction of sp³-hybridized carbons (Fsp3) is 0.404. The SMILES string of the molecule is CC(C)c1ccc(-c2ncc[nH]2)cc1.CC(C)c1ccc(/C=N/O)cc1.CC(C)c1ccc(C#N)cc1.CC(C)c1ccc(C=O)cc1.CCO.COC(CN)OC.NO.[CH2-]CCC.[Li+]. The smallest absolute Gasteiger partial charge is 0.411 e. The molecule has 5 aromatic rings. The van der Waals surface area contributed by atoms with Crippen LogP contribution < -0.4 is 30.5 Å². The number of imidazole rings is 1. The van der Waals surface area contributed by atoms with E-state index in [0.29, 0.717) is 30.2 Å². The fourth-order valence-corrected chi connectivity index (χ4v) is 4.67. The summed E-state index contributed by atoms with van der Waals surface area (Å²) in [5, 5.41) is 33.8. The van der Waals surface area contributed by atoms with Crippen molar-refractivity contribution in [3.8, 4) is 17.5 Å². The van der Waals surface area contributed by atoms with E-state index >= 15 is 0 Å². The van der Waals surface area contributed by atoms with Gasteiger partial charge in [0.25, 0.3) is 0 Å². The second-order valence-electron chi connectivity index (χ2n) is 14.9. The van der Waals surface area contributed by atoms with E-state index in [-0.39, 0.29) is 31.8 Å². The van der Waals surface area contributed by atoms with Crippen LogP contribution in [0.1, 0.15) is 149 Å². The molecule has 1 heterocycles. The van der Waals surface area contributed by atoms with Crippen LogP contribution >= 0.6 is 0 Å². The normalized spacial score (nSPS) is 9.68. The Morgan fingerprint density at radius 2 is 1.09 bits per heavy atom. The number of rotatable bonds is 11. The van der Waals surface area contributed by atoms with Crippen LogP contribution in [-0.2, 0) is 9.47 Å². The molecule has 8 N–H and O–H groups in total. The summed E-state index contributed by atoms with van der Waals surface area (Å²) in [5.41, 5.74) is 13.9. The molecular weight excluding hydrogens is 812 g/mol.